The number of benzene rings is 1. The first kappa shape index (κ1) is 10.7. The van der Waals surface area contributed by atoms with E-state index in [0.29, 0.717) is 0 Å². The van der Waals surface area contributed by atoms with Crippen molar-refractivity contribution in [2.24, 2.45) is 5.92 Å². The van der Waals surface area contributed by atoms with Crippen molar-refractivity contribution in [1.82, 2.24) is 0 Å². The summed E-state index contributed by atoms with van der Waals surface area (Å²) in [7, 11) is 0. The average Bonchev–Trinajstić information content (AvgIpc) is 2.79. The summed E-state index contributed by atoms with van der Waals surface area (Å²) >= 11 is 0. The molecule has 82 valence electrons. The quantitative estimate of drug-likeness (QED) is 0.668. The summed E-state index contributed by atoms with van der Waals surface area (Å²) in [4.78, 5) is 0. The molecule has 2 rings (SSSR count). The fourth-order valence-electron chi connectivity index (χ4n) is 2.26. The Balaban J connectivity index is 1.59. The van der Waals surface area contributed by atoms with Gasteiger partial charge in [0, 0.05) is 6.61 Å². The third-order valence-corrected chi connectivity index (χ3v) is 3.21. The minimum Gasteiger partial charge on any atom is -0.381 e. The van der Waals surface area contributed by atoms with Crippen molar-refractivity contribution in [2.45, 2.75) is 32.1 Å². The van der Waals surface area contributed by atoms with Gasteiger partial charge in [0.25, 0.3) is 0 Å². The molecule has 0 N–H and O–H groups in total. The molecule has 1 nitrogen and oxygen atoms in total. The molecule has 1 fully saturated rings. The van der Waals surface area contributed by atoms with Crippen LogP contribution < -0.4 is 0 Å². The third kappa shape index (κ3) is 3.67. The molecular formula is C14H20O. The Labute approximate surface area is 92.5 Å². The highest BCUT2D eigenvalue weighted by molar-refractivity contribution is 5.14. The van der Waals surface area contributed by atoms with Gasteiger partial charge < -0.3 is 4.74 Å². The number of ether oxygens (including phenoxy) is 1. The van der Waals surface area contributed by atoms with Crippen LogP contribution in [0.2, 0.25) is 0 Å². The molecule has 0 atom stereocenters. The summed E-state index contributed by atoms with van der Waals surface area (Å²) in [6.45, 7) is 1.85. The van der Waals surface area contributed by atoms with Crippen LogP contribution in [-0.2, 0) is 11.2 Å². The molecule has 0 amide bonds. The third-order valence-electron chi connectivity index (χ3n) is 3.21. The highest BCUT2D eigenvalue weighted by Crippen LogP contribution is 2.24. The molecule has 0 saturated heterocycles. The summed E-state index contributed by atoms with van der Waals surface area (Å²) in [6, 6.07) is 10.6. The normalized spacial score (nSPS) is 17.1. The van der Waals surface area contributed by atoms with E-state index in [1.165, 1.54) is 31.2 Å². The molecule has 0 spiro atoms. The summed E-state index contributed by atoms with van der Waals surface area (Å²) < 4.78 is 5.72. The average molecular weight is 204 g/mol. The Bertz CT molecular complexity index is 262. The maximum Gasteiger partial charge on any atom is 0.0506 e. The lowest BCUT2D eigenvalue weighted by molar-refractivity contribution is 0.104. The van der Waals surface area contributed by atoms with Crippen LogP contribution in [0, 0.1) is 5.92 Å². The Hall–Kier alpha value is -0.820. The van der Waals surface area contributed by atoms with Crippen molar-refractivity contribution in [3.63, 3.8) is 0 Å². The zero-order valence-electron chi connectivity index (χ0n) is 9.32. The first-order valence-corrected chi connectivity index (χ1v) is 6.07. The fraction of sp³-hybridized carbons (Fsp3) is 0.571. The van der Waals surface area contributed by atoms with E-state index in [1.54, 1.807) is 0 Å². The van der Waals surface area contributed by atoms with Crippen LogP contribution in [0.1, 0.15) is 31.2 Å². The van der Waals surface area contributed by atoms with Crippen molar-refractivity contribution in [2.75, 3.05) is 13.2 Å². The molecular weight excluding hydrogens is 184 g/mol. The summed E-state index contributed by atoms with van der Waals surface area (Å²) in [5.74, 6) is 0.848. The topological polar surface area (TPSA) is 9.23 Å². The highest BCUT2D eigenvalue weighted by atomic mass is 16.5. The second-order valence-electron chi connectivity index (χ2n) is 4.46. The minimum atomic E-state index is 0.848. The molecule has 0 aromatic heterocycles. The second kappa shape index (κ2) is 5.92. The number of hydrogen-bond donors (Lipinski definition) is 0. The fourth-order valence-corrected chi connectivity index (χ4v) is 2.26. The maximum atomic E-state index is 5.72. The van der Waals surface area contributed by atoms with Gasteiger partial charge in [0.15, 0.2) is 0 Å². The van der Waals surface area contributed by atoms with Crippen LogP contribution in [0.25, 0.3) is 0 Å². The van der Waals surface area contributed by atoms with E-state index in [4.69, 9.17) is 4.74 Å². The van der Waals surface area contributed by atoms with Gasteiger partial charge in [0.1, 0.15) is 0 Å². The summed E-state index contributed by atoms with van der Waals surface area (Å²) in [5, 5.41) is 0. The van der Waals surface area contributed by atoms with Crippen LogP contribution in [0.5, 0.6) is 0 Å². The molecule has 0 heterocycles. The van der Waals surface area contributed by atoms with E-state index >= 15 is 0 Å². The largest absolute Gasteiger partial charge is 0.381 e. The monoisotopic (exact) mass is 204 g/mol. The zero-order chi connectivity index (χ0) is 10.3. The van der Waals surface area contributed by atoms with E-state index in [2.05, 4.69) is 30.3 Å². The molecule has 1 heteroatoms. The molecule has 15 heavy (non-hydrogen) atoms. The van der Waals surface area contributed by atoms with Gasteiger partial charge in [-0.2, -0.15) is 0 Å². The molecule has 1 saturated carbocycles. The second-order valence-corrected chi connectivity index (χ2v) is 4.46. The van der Waals surface area contributed by atoms with Gasteiger partial charge in [-0.25, -0.2) is 0 Å². The molecule has 0 unspecified atom stereocenters. The molecule has 1 aliphatic carbocycles. The lowest BCUT2D eigenvalue weighted by atomic mass is 10.1. The van der Waals surface area contributed by atoms with Crippen molar-refractivity contribution in [3.05, 3.63) is 35.9 Å². The van der Waals surface area contributed by atoms with Crippen LogP contribution in [0.3, 0.4) is 0 Å². The zero-order valence-corrected chi connectivity index (χ0v) is 9.32. The van der Waals surface area contributed by atoms with Gasteiger partial charge in [-0.3, -0.25) is 0 Å². The van der Waals surface area contributed by atoms with Gasteiger partial charge in [-0.05, 0) is 30.7 Å². The van der Waals surface area contributed by atoms with Crippen LogP contribution >= 0.6 is 0 Å². The van der Waals surface area contributed by atoms with Gasteiger partial charge in [-0.1, -0.05) is 43.2 Å². The molecule has 1 aromatic rings. The Kier molecular flexibility index (Phi) is 4.22. The van der Waals surface area contributed by atoms with Crippen LogP contribution in [-0.4, -0.2) is 13.2 Å². The standard InChI is InChI=1S/C14H20O/c1-2-6-13(7-3-1)10-11-15-12-14-8-4-5-9-14/h1-3,6-7,14H,4-5,8-12H2. The highest BCUT2D eigenvalue weighted by Gasteiger charge is 2.14. The minimum absolute atomic E-state index is 0.848. The van der Waals surface area contributed by atoms with Gasteiger partial charge >= 0.3 is 0 Å². The van der Waals surface area contributed by atoms with E-state index in [-0.39, 0.29) is 0 Å². The predicted octanol–water partition coefficient (Wildman–Crippen LogP) is 3.44. The van der Waals surface area contributed by atoms with E-state index in [0.717, 1.165) is 25.6 Å². The first-order valence-electron chi connectivity index (χ1n) is 6.07. The Morgan fingerprint density at radius 1 is 1.07 bits per heavy atom. The molecule has 0 aliphatic heterocycles. The maximum absolute atomic E-state index is 5.72. The summed E-state index contributed by atoms with van der Waals surface area (Å²) in [5.41, 5.74) is 1.38. The lowest BCUT2D eigenvalue weighted by Crippen LogP contribution is -2.07. The molecule has 0 bridgehead atoms. The van der Waals surface area contributed by atoms with Crippen molar-refractivity contribution in [1.29, 1.82) is 0 Å². The van der Waals surface area contributed by atoms with Gasteiger partial charge in [0.2, 0.25) is 0 Å². The predicted molar refractivity (Wildman–Crippen MR) is 62.9 cm³/mol. The molecule has 1 aliphatic rings. The van der Waals surface area contributed by atoms with E-state index in [1.807, 2.05) is 0 Å². The van der Waals surface area contributed by atoms with Crippen molar-refractivity contribution >= 4 is 0 Å². The van der Waals surface area contributed by atoms with Gasteiger partial charge in [0.05, 0.1) is 6.61 Å². The number of hydrogen-bond acceptors (Lipinski definition) is 1. The van der Waals surface area contributed by atoms with Crippen LogP contribution in [0.4, 0.5) is 0 Å². The van der Waals surface area contributed by atoms with Gasteiger partial charge in [-0.15, -0.1) is 0 Å². The Morgan fingerprint density at radius 3 is 2.53 bits per heavy atom. The molecule has 0 radical (unpaired) electrons. The van der Waals surface area contributed by atoms with Crippen LogP contribution in [0.15, 0.2) is 30.3 Å². The lowest BCUT2D eigenvalue weighted by Gasteiger charge is -2.09. The van der Waals surface area contributed by atoms with E-state index < -0.39 is 0 Å². The van der Waals surface area contributed by atoms with E-state index in [9.17, 15) is 0 Å². The Morgan fingerprint density at radius 2 is 1.80 bits per heavy atom. The summed E-state index contributed by atoms with van der Waals surface area (Å²) in [6.07, 6.45) is 6.63. The SMILES string of the molecule is c1ccc(CCOCC2CCCC2)cc1. The number of rotatable bonds is 5. The first-order chi connectivity index (χ1) is 7.45. The smallest absolute Gasteiger partial charge is 0.0506 e. The van der Waals surface area contributed by atoms with Crippen molar-refractivity contribution in [3.8, 4) is 0 Å². The molecule has 1 aromatic carbocycles. The van der Waals surface area contributed by atoms with Crippen molar-refractivity contribution < 1.29 is 4.74 Å².